The molecule has 11 aromatic rings. The molecule has 0 saturated carbocycles. The Morgan fingerprint density at radius 3 is 1.34 bits per heavy atom. The fraction of sp³-hybridized carbons (Fsp3) is 0. The summed E-state index contributed by atoms with van der Waals surface area (Å²) in [7, 11) is 0. The maximum atomic E-state index is 2.48. The van der Waals surface area contributed by atoms with E-state index in [1.165, 1.54) is 71.9 Å². The largest absolute Gasteiger partial charge is 0.310 e. The topological polar surface area (TPSA) is 8.17 Å². The summed E-state index contributed by atoms with van der Waals surface area (Å²) in [5.74, 6) is 0. The lowest BCUT2D eigenvalue weighted by atomic mass is 9.92. The molecule has 62 heavy (non-hydrogen) atoms. The minimum Gasteiger partial charge on any atom is -0.310 e. The van der Waals surface area contributed by atoms with E-state index in [-0.39, 0.29) is 0 Å². The quantitative estimate of drug-likeness (QED) is 0.141. The Labute approximate surface area is 362 Å². The third kappa shape index (κ3) is 6.84. The minimum absolute atomic E-state index is 1.08. The summed E-state index contributed by atoms with van der Waals surface area (Å²) in [5, 5.41) is 2.43. The van der Waals surface area contributed by atoms with Gasteiger partial charge in [-0.25, -0.2) is 0 Å². The zero-order valence-corrected chi connectivity index (χ0v) is 34.1. The van der Waals surface area contributed by atoms with Gasteiger partial charge >= 0.3 is 0 Å². The summed E-state index contributed by atoms with van der Waals surface area (Å²) in [4.78, 5) is 2.40. The molecule has 2 heteroatoms. The molecule has 1 heterocycles. The average Bonchev–Trinajstić information content (AvgIpc) is 3.69. The van der Waals surface area contributed by atoms with Gasteiger partial charge in [0.2, 0.25) is 0 Å². The number of hydrogen-bond donors (Lipinski definition) is 0. The number of nitrogens with zero attached hydrogens (tertiary/aromatic N) is 2. The van der Waals surface area contributed by atoms with Gasteiger partial charge in [0.05, 0.1) is 16.7 Å². The van der Waals surface area contributed by atoms with Crippen molar-refractivity contribution in [2.24, 2.45) is 0 Å². The lowest BCUT2D eigenvalue weighted by molar-refractivity contribution is 1.18. The van der Waals surface area contributed by atoms with Crippen LogP contribution in [0, 0.1) is 0 Å². The second-order valence-corrected chi connectivity index (χ2v) is 15.7. The van der Waals surface area contributed by atoms with Gasteiger partial charge in [-0.05, 0) is 98.6 Å². The predicted molar refractivity (Wildman–Crippen MR) is 263 cm³/mol. The Morgan fingerprint density at radius 2 is 0.677 bits per heavy atom. The van der Waals surface area contributed by atoms with Crippen molar-refractivity contribution in [3.05, 3.63) is 255 Å². The van der Waals surface area contributed by atoms with E-state index < -0.39 is 0 Å². The molecule has 0 atom stereocenters. The summed E-state index contributed by atoms with van der Waals surface area (Å²) >= 11 is 0. The number of hydrogen-bond acceptors (Lipinski definition) is 1. The lowest BCUT2D eigenvalue weighted by Gasteiger charge is -2.27. The third-order valence-corrected chi connectivity index (χ3v) is 12.0. The fourth-order valence-corrected chi connectivity index (χ4v) is 9.02. The van der Waals surface area contributed by atoms with Crippen LogP contribution in [0.2, 0.25) is 0 Å². The smallest absolute Gasteiger partial charge is 0.0562 e. The second-order valence-electron chi connectivity index (χ2n) is 15.7. The first-order chi connectivity index (χ1) is 30.8. The van der Waals surface area contributed by atoms with Crippen LogP contribution in [-0.2, 0) is 0 Å². The molecule has 0 spiro atoms. The Kier molecular flexibility index (Phi) is 9.57. The molecule has 0 aliphatic rings. The molecule has 11 rings (SSSR count). The number of rotatable bonds is 9. The molecule has 0 radical (unpaired) electrons. The normalized spacial score (nSPS) is 11.2. The molecule has 2 nitrogen and oxygen atoms in total. The van der Waals surface area contributed by atoms with Crippen LogP contribution in [0.5, 0.6) is 0 Å². The third-order valence-electron chi connectivity index (χ3n) is 12.0. The van der Waals surface area contributed by atoms with Gasteiger partial charge in [0, 0.05) is 33.4 Å². The summed E-state index contributed by atoms with van der Waals surface area (Å²) in [6, 6.07) is 92.1. The molecule has 0 bridgehead atoms. The Bertz CT molecular complexity index is 3300. The first-order valence-electron chi connectivity index (χ1n) is 21.3. The van der Waals surface area contributed by atoms with Crippen LogP contribution >= 0.6 is 0 Å². The molecular weight excluding hydrogens is 749 g/mol. The van der Waals surface area contributed by atoms with E-state index in [0.29, 0.717) is 0 Å². The van der Waals surface area contributed by atoms with Crippen molar-refractivity contribution in [1.29, 1.82) is 0 Å². The lowest BCUT2D eigenvalue weighted by Crippen LogP contribution is -2.10. The van der Waals surface area contributed by atoms with Crippen LogP contribution < -0.4 is 4.90 Å². The van der Waals surface area contributed by atoms with E-state index in [0.717, 1.165) is 28.3 Å². The first-order valence-corrected chi connectivity index (χ1v) is 21.3. The standard InChI is InChI=1S/C60H42N2/c1-6-18-43(19-7-1)45-30-32-48(33-31-45)53-38-35-51(41-57(53)47-24-12-4-13-25-47)61(50-26-14-5-15-27-50)52-36-39-56-55-28-16-17-29-58(55)62(60(56)42-52)59-40-49(44-20-8-2-9-21-44)34-37-54(59)46-22-10-3-11-23-46/h1-42H. The predicted octanol–water partition coefficient (Wildman–Crippen LogP) is 16.6. The zero-order chi connectivity index (χ0) is 41.2. The highest BCUT2D eigenvalue weighted by Gasteiger charge is 2.21. The van der Waals surface area contributed by atoms with Crippen molar-refractivity contribution in [1.82, 2.24) is 4.57 Å². The maximum Gasteiger partial charge on any atom is 0.0562 e. The monoisotopic (exact) mass is 790 g/mol. The molecule has 292 valence electrons. The Balaban J connectivity index is 1.12. The zero-order valence-electron chi connectivity index (χ0n) is 34.1. The van der Waals surface area contributed by atoms with Gasteiger partial charge in [-0.2, -0.15) is 0 Å². The summed E-state index contributed by atoms with van der Waals surface area (Å²) < 4.78 is 2.48. The maximum absolute atomic E-state index is 2.48. The van der Waals surface area contributed by atoms with Crippen molar-refractivity contribution < 1.29 is 0 Å². The molecule has 0 fully saturated rings. The van der Waals surface area contributed by atoms with Gasteiger partial charge in [0.1, 0.15) is 0 Å². The van der Waals surface area contributed by atoms with Gasteiger partial charge in [-0.1, -0.05) is 206 Å². The van der Waals surface area contributed by atoms with E-state index in [1.807, 2.05) is 0 Å². The SMILES string of the molecule is c1ccc(-c2ccc(-c3ccc(N(c4ccccc4)c4ccc5c6ccccc6n(-c6cc(-c7ccccc7)ccc6-c6ccccc6)c5c4)cc3-c3ccccc3)cc2)cc1. The number of aromatic nitrogens is 1. The highest BCUT2D eigenvalue weighted by molar-refractivity contribution is 6.11. The molecule has 1 aromatic heterocycles. The minimum atomic E-state index is 1.08. The van der Waals surface area contributed by atoms with Crippen LogP contribution in [0.25, 0.3) is 83.1 Å². The number of anilines is 3. The summed E-state index contributed by atoms with van der Waals surface area (Å²) in [5.41, 5.74) is 18.6. The van der Waals surface area contributed by atoms with Gasteiger partial charge in [0.25, 0.3) is 0 Å². The van der Waals surface area contributed by atoms with Crippen molar-refractivity contribution >= 4 is 38.9 Å². The molecule has 0 unspecified atom stereocenters. The summed E-state index contributed by atoms with van der Waals surface area (Å²) in [6.45, 7) is 0. The second kappa shape index (κ2) is 16.1. The molecule has 10 aromatic carbocycles. The number of fused-ring (bicyclic) bond motifs is 3. The van der Waals surface area contributed by atoms with Crippen LogP contribution in [0.4, 0.5) is 17.1 Å². The number of para-hydroxylation sites is 2. The van der Waals surface area contributed by atoms with Crippen LogP contribution in [-0.4, -0.2) is 4.57 Å². The van der Waals surface area contributed by atoms with Crippen molar-refractivity contribution in [2.45, 2.75) is 0 Å². The van der Waals surface area contributed by atoms with E-state index >= 15 is 0 Å². The van der Waals surface area contributed by atoms with Crippen molar-refractivity contribution in [2.75, 3.05) is 4.90 Å². The van der Waals surface area contributed by atoms with Gasteiger partial charge < -0.3 is 9.47 Å². The van der Waals surface area contributed by atoms with E-state index in [2.05, 4.69) is 264 Å². The van der Waals surface area contributed by atoms with Crippen molar-refractivity contribution in [3.63, 3.8) is 0 Å². The fourth-order valence-electron chi connectivity index (χ4n) is 9.02. The molecular formula is C60H42N2. The van der Waals surface area contributed by atoms with Gasteiger partial charge in [-0.15, -0.1) is 0 Å². The average molecular weight is 791 g/mol. The van der Waals surface area contributed by atoms with Gasteiger partial charge in [-0.3, -0.25) is 0 Å². The highest BCUT2D eigenvalue weighted by Crippen LogP contribution is 2.44. The summed E-state index contributed by atoms with van der Waals surface area (Å²) in [6.07, 6.45) is 0. The van der Waals surface area contributed by atoms with Gasteiger partial charge in [0.15, 0.2) is 0 Å². The Hall–Kier alpha value is -8.20. The molecule has 0 amide bonds. The number of benzene rings is 10. The molecule has 0 N–H and O–H groups in total. The van der Waals surface area contributed by atoms with Crippen LogP contribution in [0.3, 0.4) is 0 Å². The van der Waals surface area contributed by atoms with E-state index in [4.69, 9.17) is 0 Å². The van der Waals surface area contributed by atoms with Crippen LogP contribution in [0.15, 0.2) is 255 Å². The molecule has 0 aliphatic carbocycles. The Morgan fingerprint density at radius 1 is 0.242 bits per heavy atom. The van der Waals surface area contributed by atoms with E-state index in [1.54, 1.807) is 0 Å². The highest BCUT2D eigenvalue weighted by atomic mass is 15.1. The van der Waals surface area contributed by atoms with E-state index in [9.17, 15) is 0 Å². The van der Waals surface area contributed by atoms with Crippen LogP contribution in [0.1, 0.15) is 0 Å². The first kappa shape index (κ1) is 36.8. The molecule has 0 saturated heterocycles. The molecule has 0 aliphatic heterocycles. The van der Waals surface area contributed by atoms with Crippen molar-refractivity contribution in [3.8, 4) is 61.3 Å².